The number of amides is 1. The number of carbonyl (C=O) groups is 1. The van der Waals surface area contributed by atoms with Crippen molar-refractivity contribution in [3.63, 3.8) is 0 Å². The third-order valence-electron chi connectivity index (χ3n) is 5.23. The first-order chi connectivity index (χ1) is 13.3. The molecule has 5 rings (SSSR count). The van der Waals surface area contributed by atoms with Crippen LogP contribution in [0.4, 0.5) is 5.82 Å². The molecule has 0 bridgehead atoms. The zero-order chi connectivity index (χ0) is 18.2. The molecular formula is C19H20N6O2. The van der Waals surface area contributed by atoms with Gasteiger partial charge in [0.15, 0.2) is 11.8 Å². The fourth-order valence-electron chi connectivity index (χ4n) is 3.72. The van der Waals surface area contributed by atoms with Crippen molar-refractivity contribution in [2.24, 2.45) is 5.92 Å². The number of fused-ring (bicyclic) bond motifs is 2. The van der Waals surface area contributed by atoms with E-state index in [9.17, 15) is 4.79 Å². The minimum atomic E-state index is -0.496. The Hall–Kier alpha value is -3.00. The molecule has 8 nitrogen and oxygen atoms in total. The van der Waals surface area contributed by atoms with Crippen molar-refractivity contribution >= 4 is 17.4 Å². The predicted octanol–water partition coefficient (Wildman–Crippen LogP) is 0.991. The van der Waals surface area contributed by atoms with Gasteiger partial charge in [-0.2, -0.15) is 4.52 Å². The lowest BCUT2D eigenvalue weighted by atomic mass is 9.96. The number of carbonyl (C=O) groups excluding carboxylic acids is 1. The van der Waals surface area contributed by atoms with Crippen molar-refractivity contribution in [1.82, 2.24) is 25.1 Å². The van der Waals surface area contributed by atoms with E-state index in [1.807, 2.05) is 30.3 Å². The molecule has 0 aliphatic carbocycles. The Labute approximate surface area is 156 Å². The van der Waals surface area contributed by atoms with E-state index in [1.54, 1.807) is 10.8 Å². The van der Waals surface area contributed by atoms with Gasteiger partial charge < -0.3 is 15.0 Å². The maximum atomic E-state index is 12.6. The maximum absolute atomic E-state index is 12.6. The van der Waals surface area contributed by atoms with Crippen LogP contribution in [0.15, 0.2) is 42.7 Å². The highest BCUT2D eigenvalue weighted by atomic mass is 16.5. The lowest BCUT2D eigenvalue weighted by Crippen LogP contribution is -2.52. The number of hydrogen-bond acceptors (Lipinski definition) is 6. The molecule has 2 aromatic heterocycles. The van der Waals surface area contributed by atoms with E-state index in [1.165, 1.54) is 5.56 Å². The first-order valence-electron chi connectivity index (χ1n) is 9.17. The van der Waals surface area contributed by atoms with E-state index >= 15 is 0 Å². The van der Waals surface area contributed by atoms with Gasteiger partial charge >= 0.3 is 0 Å². The summed E-state index contributed by atoms with van der Waals surface area (Å²) in [5.74, 6) is 1.25. The van der Waals surface area contributed by atoms with Crippen LogP contribution in [0, 0.1) is 5.92 Å². The number of rotatable bonds is 4. The second kappa shape index (κ2) is 6.62. The summed E-state index contributed by atoms with van der Waals surface area (Å²) in [6.45, 7) is 2.96. The van der Waals surface area contributed by atoms with Gasteiger partial charge in [-0.05, 0) is 29.7 Å². The summed E-state index contributed by atoms with van der Waals surface area (Å²) in [6, 6.07) is 11.9. The molecule has 8 heteroatoms. The Balaban J connectivity index is 1.16. The van der Waals surface area contributed by atoms with E-state index in [2.05, 4.69) is 31.6 Å². The average molecular weight is 364 g/mol. The summed E-state index contributed by atoms with van der Waals surface area (Å²) in [5, 5.41) is 15.4. The molecule has 1 N–H and O–H groups in total. The zero-order valence-electron chi connectivity index (χ0n) is 14.8. The Morgan fingerprint density at radius 3 is 3.04 bits per heavy atom. The van der Waals surface area contributed by atoms with Gasteiger partial charge in [-0.25, -0.2) is 0 Å². The van der Waals surface area contributed by atoms with Gasteiger partial charge in [0.2, 0.25) is 0 Å². The van der Waals surface area contributed by atoms with Gasteiger partial charge in [-0.15, -0.1) is 15.3 Å². The standard InChI is InChI=1S/C19H20N6O2/c26-19(18-15-4-2-1-3-14(15)7-8-27-18)20-9-13-10-24(11-13)17-6-5-16-22-21-12-25(16)23-17/h1-6,12-13,18H,7-11H2,(H,20,26). The molecule has 0 spiro atoms. The topological polar surface area (TPSA) is 84.7 Å². The Bertz CT molecular complexity index is 981. The van der Waals surface area contributed by atoms with Crippen molar-refractivity contribution in [3.8, 4) is 0 Å². The highest BCUT2D eigenvalue weighted by Crippen LogP contribution is 2.27. The predicted molar refractivity (Wildman–Crippen MR) is 98.3 cm³/mol. The van der Waals surface area contributed by atoms with Crippen LogP contribution in [0.1, 0.15) is 17.2 Å². The molecule has 1 fully saturated rings. The largest absolute Gasteiger partial charge is 0.363 e. The lowest BCUT2D eigenvalue weighted by molar-refractivity contribution is -0.134. The Morgan fingerprint density at radius 2 is 2.11 bits per heavy atom. The number of anilines is 1. The van der Waals surface area contributed by atoms with Crippen LogP contribution in [0.3, 0.4) is 0 Å². The van der Waals surface area contributed by atoms with E-state index in [-0.39, 0.29) is 5.91 Å². The third-order valence-corrected chi connectivity index (χ3v) is 5.23. The second-order valence-corrected chi connectivity index (χ2v) is 7.04. The van der Waals surface area contributed by atoms with Crippen LogP contribution in [-0.2, 0) is 16.0 Å². The molecule has 1 aromatic carbocycles. The van der Waals surface area contributed by atoms with Crippen LogP contribution in [0.2, 0.25) is 0 Å². The van der Waals surface area contributed by atoms with Crippen molar-refractivity contribution in [1.29, 1.82) is 0 Å². The SMILES string of the molecule is O=C(NCC1CN(c2ccc3nncn3n2)C1)C1OCCc2ccccc21. The number of benzene rings is 1. The van der Waals surface area contributed by atoms with E-state index < -0.39 is 6.10 Å². The minimum absolute atomic E-state index is 0.0513. The molecule has 4 heterocycles. The highest BCUT2D eigenvalue weighted by molar-refractivity contribution is 5.82. The summed E-state index contributed by atoms with van der Waals surface area (Å²) in [7, 11) is 0. The number of ether oxygens (including phenoxy) is 1. The van der Waals surface area contributed by atoms with Crippen molar-refractivity contribution in [2.75, 3.05) is 31.1 Å². The molecule has 0 saturated carbocycles. The van der Waals surface area contributed by atoms with Crippen LogP contribution in [0.25, 0.3) is 5.65 Å². The van der Waals surface area contributed by atoms with E-state index in [0.717, 1.165) is 36.5 Å². The maximum Gasteiger partial charge on any atom is 0.253 e. The molecular weight excluding hydrogens is 344 g/mol. The fourth-order valence-corrected chi connectivity index (χ4v) is 3.72. The quantitative estimate of drug-likeness (QED) is 0.743. The Kier molecular flexibility index (Phi) is 3.97. The van der Waals surface area contributed by atoms with Gasteiger partial charge in [0.05, 0.1) is 6.61 Å². The third kappa shape index (κ3) is 3.02. The highest BCUT2D eigenvalue weighted by Gasteiger charge is 2.31. The summed E-state index contributed by atoms with van der Waals surface area (Å²) in [4.78, 5) is 14.8. The average Bonchev–Trinajstić information content (AvgIpc) is 3.14. The second-order valence-electron chi connectivity index (χ2n) is 7.04. The Morgan fingerprint density at radius 1 is 1.22 bits per heavy atom. The minimum Gasteiger partial charge on any atom is -0.363 e. The van der Waals surface area contributed by atoms with Gasteiger partial charge in [0.1, 0.15) is 12.1 Å². The molecule has 27 heavy (non-hydrogen) atoms. The fraction of sp³-hybridized carbons (Fsp3) is 0.368. The smallest absolute Gasteiger partial charge is 0.253 e. The van der Waals surface area contributed by atoms with Gasteiger partial charge in [-0.1, -0.05) is 24.3 Å². The normalized spacial score (nSPS) is 19.6. The number of nitrogens with zero attached hydrogens (tertiary/aromatic N) is 5. The van der Waals surface area contributed by atoms with E-state index in [0.29, 0.717) is 19.1 Å². The molecule has 3 aromatic rings. The van der Waals surface area contributed by atoms with Crippen molar-refractivity contribution < 1.29 is 9.53 Å². The van der Waals surface area contributed by atoms with Gasteiger partial charge in [0.25, 0.3) is 5.91 Å². The van der Waals surface area contributed by atoms with Gasteiger partial charge in [-0.3, -0.25) is 4.79 Å². The van der Waals surface area contributed by atoms with E-state index in [4.69, 9.17) is 4.74 Å². The van der Waals surface area contributed by atoms with Crippen LogP contribution in [0.5, 0.6) is 0 Å². The lowest BCUT2D eigenvalue weighted by Gasteiger charge is -2.40. The molecule has 138 valence electrons. The molecule has 2 aliphatic heterocycles. The zero-order valence-corrected chi connectivity index (χ0v) is 14.8. The molecule has 1 saturated heterocycles. The summed E-state index contributed by atoms with van der Waals surface area (Å²) >= 11 is 0. The monoisotopic (exact) mass is 364 g/mol. The molecule has 1 amide bonds. The summed E-state index contributed by atoms with van der Waals surface area (Å²) in [5.41, 5.74) is 2.92. The summed E-state index contributed by atoms with van der Waals surface area (Å²) in [6.07, 6.45) is 1.96. The number of aromatic nitrogens is 4. The van der Waals surface area contributed by atoms with Crippen LogP contribution in [-0.4, -0.2) is 52.0 Å². The van der Waals surface area contributed by atoms with Crippen molar-refractivity contribution in [3.05, 3.63) is 53.9 Å². The summed E-state index contributed by atoms with van der Waals surface area (Å²) < 4.78 is 7.40. The molecule has 1 unspecified atom stereocenters. The molecule has 2 aliphatic rings. The van der Waals surface area contributed by atoms with Gasteiger partial charge in [0, 0.05) is 25.6 Å². The van der Waals surface area contributed by atoms with Crippen LogP contribution < -0.4 is 10.2 Å². The molecule has 1 atom stereocenters. The first-order valence-corrected chi connectivity index (χ1v) is 9.17. The van der Waals surface area contributed by atoms with Crippen LogP contribution >= 0.6 is 0 Å². The van der Waals surface area contributed by atoms with Crippen molar-refractivity contribution in [2.45, 2.75) is 12.5 Å². The number of nitrogens with one attached hydrogen (secondary N) is 1. The number of hydrogen-bond donors (Lipinski definition) is 1. The first kappa shape index (κ1) is 16.2. The molecule has 0 radical (unpaired) electrons.